The molecule has 1 aliphatic rings. The van der Waals surface area contributed by atoms with Crippen molar-refractivity contribution in [2.24, 2.45) is 0 Å². The Morgan fingerprint density at radius 3 is 3.25 bits per heavy atom. The number of fused-ring (bicyclic) bond motifs is 1. The van der Waals surface area contributed by atoms with Crippen LogP contribution in [0.4, 0.5) is 11.8 Å². The van der Waals surface area contributed by atoms with Crippen molar-refractivity contribution in [2.45, 2.75) is 23.1 Å². The van der Waals surface area contributed by atoms with Crippen LogP contribution in [-0.2, 0) is 0 Å². The van der Waals surface area contributed by atoms with Gasteiger partial charge in [-0.1, -0.05) is 0 Å². The molecule has 3 rings (SSSR count). The molecule has 7 heteroatoms. The molecule has 0 amide bonds. The van der Waals surface area contributed by atoms with Crippen LogP contribution in [-0.4, -0.2) is 40.9 Å². The van der Waals surface area contributed by atoms with Gasteiger partial charge in [-0.05, 0) is 0 Å². The van der Waals surface area contributed by atoms with Crippen LogP contribution in [0.15, 0.2) is 6.33 Å². The zero-order valence-electron chi connectivity index (χ0n) is 8.60. The number of nitrogens with one attached hydrogen (secondary N) is 2. The van der Waals surface area contributed by atoms with E-state index in [4.69, 9.17) is 5.73 Å². The van der Waals surface area contributed by atoms with Crippen LogP contribution >= 0.6 is 0 Å². The molecule has 2 aromatic heterocycles. The number of hydrogen-bond acceptors (Lipinski definition) is 5. The van der Waals surface area contributed by atoms with Gasteiger partial charge in [-0.25, -0.2) is 0 Å². The third kappa shape index (κ3) is 1.72. The van der Waals surface area contributed by atoms with E-state index in [1.165, 1.54) is 17.1 Å². The fraction of sp³-hybridized carbons (Fsp3) is 0.444. The molecule has 1 atom stereocenters. The maximum atomic E-state index is 5.65. The number of aromatic nitrogens is 4. The van der Waals surface area contributed by atoms with Gasteiger partial charge >= 0.3 is 98.3 Å². The molecule has 1 aliphatic heterocycles. The Morgan fingerprint density at radius 1 is 1.50 bits per heavy atom. The van der Waals surface area contributed by atoms with Crippen LogP contribution in [0.25, 0.3) is 11.2 Å². The number of H-pyrrole nitrogens is 1. The second kappa shape index (κ2) is 3.92. The molecular weight excluding hydrogens is 271 g/mol. The summed E-state index contributed by atoms with van der Waals surface area (Å²) in [6, 6.07) is 0.529. The Morgan fingerprint density at radius 2 is 2.44 bits per heavy atom. The molecule has 0 spiro atoms. The number of nitrogens with zero attached hydrogens (tertiary/aromatic N) is 3. The summed E-state index contributed by atoms with van der Waals surface area (Å²) >= 11 is 0.781. The predicted octanol–water partition coefficient (Wildman–Crippen LogP) is 0.660. The molecule has 0 unspecified atom stereocenters. The summed E-state index contributed by atoms with van der Waals surface area (Å²) in [5, 5.41) is 6.03. The van der Waals surface area contributed by atoms with E-state index in [1.807, 2.05) is 0 Å². The van der Waals surface area contributed by atoms with Gasteiger partial charge in [0.15, 0.2) is 0 Å². The molecular formula is C9H12N6Se. The molecule has 6 nitrogen and oxygen atoms in total. The Balaban J connectivity index is 1.97. The molecule has 0 aromatic carbocycles. The van der Waals surface area contributed by atoms with Gasteiger partial charge in [-0.2, -0.15) is 0 Å². The van der Waals surface area contributed by atoms with Crippen LogP contribution < -0.4 is 11.1 Å². The monoisotopic (exact) mass is 284 g/mol. The third-order valence-electron chi connectivity index (χ3n) is 2.57. The van der Waals surface area contributed by atoms with E-state index in [9.17, 15) is 0 Å². The molecule has 0 aliphatic carbocycles. The SMILES string of the molecule is Nc1nc(N[C@H]2CC[Se]C2)c2[nH]cnc2n1. The van der Waals surface area contributed by atoms with E-state index in [0.29, 0.717) is 11.7 Å². The molecule has 16 heavy (non-hydrogen) atoms. The molecule has 0 bridgehead atoms. The van der Waals surface area contributed by atoms with Crippen molar-refractivity contribution in [2.75, 3.05) is 11.1 Å². The molecule has 1 saturated heterocycles. The average molecular weight is 283 g/mol. The summed E-state index contributed by atoms with van der Waals surface area (Å²) in [6.45, 7) is 0. The van der Waals surface area contributed by atoms with E-state index in [-0.39, 0.29) is 5.95 Å². The average Bonchev–Trinajstić information content (AvgIpc) is 2.87. The van der Waals surface area contributed by atoms with Gasteiger partial charge in [0, 0.05) is 0 Å². The van der Waals surface area contributed by atoms with Crippen molar-refractivity contribution < 1.29 is 0 Å². The zero-order chi connectivity index (χ0) is 11.0. The standard InChI is InChI=1S/C9H12N6Se/c10-9-14-7-6(11-4-12-7)8(15-9)13-5-1-2-16-3-5/h4-5H,1-3H2,(H4,10,11,12,13,14,15)/t5-/m0/s1. The number of anilines is 2. The summed E-state index contributed by atoms with van der Waals surface area (Å²) in [6.07, 6.45) is 2.84. The number of nitrogens with two attached hydrogens (primary N) is 1. The van der Waals surface area contributed by atoms with E-state index in [2.05, 4.69) is 25.3 Å². The van der Waals surface area contributed by atoms with Crippen molar-refractivity contribution in [3.05, 3.63) is 6.33 Å². The first kappa shape index (κ1) is 9.86. The van der Waals surface area contributed by atoms with Gasteiger partial charge in [-0.15, -0.1) is 0 Å². The van der Waals surface area contributed by atoms with Crippen LogP contribution in [0.3, 0.4) is 0 Å². The molecule has 84 valence electrons. The van der Waals surface area contributed by atoms with E-state index >= 15 is 0 Å². The van der Waals surface area contributed by atoms with Gasteiger partial charge in [0.1, 0.15) is 0 Å². The Bertz CT molecular complexity index is 504. The zero-order valence-corrected chi connectivity index (χ0v) is 10.3. The minimum absolute atomic E-state index is 0.269. The van der Waals surface area contributed by atoms with Crippen LogP contribution in [0.5, 0.6) is 0 Å². The molecule has 3 heterocycles. The molecule has 0 saturated carbocycles. The minimum atomic E-state index is 0.269. The predicted molar refractivity (Wildman–Crippen MR) is 63.5 cm³/mol. The number of aromatic amines is 1. The van der Waals surface area contributed by atoms with Crippen molar-refractivity contribution in [3.63, 3.8) is 0 Å². The van der Waals surface area contributed by atoms with Crippen LogP contribution in [0.1, 0.15) is 6.42 Å². The first-order valence-electron chi connectivity index (χ1n) is 5.14. The molecule has 4 N–H and O–H groups in total. The fourth-order valence-electron chi connectivity index (χ4n) is 1.80. The molecule has 1 fully saturated rings. The first-order valence-corrected chi connectivity index (χ1v) is 7.56. The second-order valence-corrected chi connectivity index (χ2v) is 6.15. The number of nitrogen functional groups attached to an aromatic ring is 1. The van der Waals surface area contributed by atoms with Crippen molar-refractivity contribution in [1.82, 2.24) is 19.9 Å². The third-order valence-corrected chi connectivity index (χ3v) is 5.01. The quantitative estimate of drug-likeness (QED) is 0.704. The number of rotatable bonds is 2. The fourth-order valence-corrected chi connectivity index (χ4v) is 4.21. The summed E-state index contributed by atoms with van der Waals surface area (Å²) in [4.78, 5) is 15.4. The van der Waals surface area contributed by atoms with Gasteiger partial charge in [0.05, 0.1) is 0 Å². The topological polar surface area (TPSA) is 92.5 Å². The van der Waals surface area contributed by atoms with Crippen molar-refractivity contribution >= 4 is 37.9 Å². The second-order valence-electron chi connectivity index (χ2n) is 3.74. The Hall–Kier alpha value is -1.33. The van der Waals surface area contributed by atoms with Gasteiger partial charge in [0.2, 0.25) is 0 Å². The maximum absolute atomic E-state index is 5.65. The first-order chi connectivity index (χ1) is 7.83. The van der Waals surface area contributed by atoms with Crippen LogP contribution in [0.2, 0.25) is 10.6 Å². The van der Waals surface area contributed by atoms with Gasteiger partial charge < -0.3 is 0 Å². The molecule has 0 radical (unpaired) electrons. The summed E-state index contributed by atoms with van der Waals surface area (Å²) in [5.74, 6) is 1.05. The summed E-state index contributed by atoms with van der Waals surface area (Å²) < 4.78 is 0. The van der Waals surface area contributed by atoms with E-state index < -0.39 is 0 Å². The van der Waals surface area contributed by atoms with Crippen LogP contribution in [0, 0.1) is 0 Å². The number of hydrogen-bond donors (Lipinski definition) is 3. The Kier molecular flexibility index (Phi) is 2.41. The summed E-state index contributed by atoms with van der Waals surface area (Å²) in [7, 11) is 0. The Labute approximate surface area is 98.6 Å². The molecule has 2 aromatic rings. The van der Waals surface area contributed by atoms with Gasteiger partial charge in [0.25, 0.3) is 0 Å². The van der Waals surface area contributed by atoms with Crippen molar-refractivity contribution in [1.29, 1.82) is 0 Å². The summed E-state index contributed by atoms with van der Waals surface area (Å²) in [5.41, 5.74) is 7.11. The van der Waals surface area contributed by atoms with E-state index in [0.717, 1.165) is 26.3 Å². The van der Waals surface area contributed by atoms with Crippen molar-refractivity contribution in [3.8, 4) is 0 Å². The van der Waals surface area contributed by atoms with E-state index in [1.54, 1.807) is 6.33 Å². The number of imidazole rings is 1. The normalized spacial score (nSPS) is 20.4. The van der Waals surface area contributed by atoms with Gasteiger partial charge in [-0.3, -0.25) is 0 Å².